The zero-order valence-electron chi connectivity index (χ0n) is 8.63. The molecule has 0 atom stereocenters. The van der Waals surface area contributed by atoms with Gasteiger partial charge in [0, 0.05) is 19.1 Å². The van der Waals surface area contributed by atoms with Gasteiger partial charge in [0.05, 0.1) is 12.2 Å². The minimum absolute atomic E-state index is 0.226. The molecular weight excluding hydrogens is 168 g/mol. The lowest BCUT2D eigenvalue weighted by Gasteiger charge is -2.23. The summed E-state index contributed by atoms with van der Waals surface area (Å²) in [6.45, 7) is 10.2. The zero-order chi connectivity index (χ0) is 10.3. The van der Waals surface area contributed by atoms with Gasteiger partial charge in [-0.25, -0.2) is 4.79 Å². The quantitative estimate of drug-likeness (QED) is 0.469. The Morgan fingerprint density at radius 2 is 2.15 bits per heavy atom. The maximum atomic E-state index is 10.7. The van der Waals surface area contributed by atoms with Crippen LogP contribution in [0, 0.1) is 0 Å². The van der Waals surface area contributed by atoms with Crippen molar-refractivity contribution in [2.45, 2.75) is 32.8 Å². The first-order valence-corrected chi connectivity index (χ1v) is 4.45. The number of carbonyl (C=O) groups excluding carboxylic acids is 1. The molecule has 0 aliphatic heterocycles. The van der Waals surface area contributed by atoms with Gasteiger partial charge in [-0.05, 0) is 20.8 Å². The SMILES string of the molecule is C=CC(=O)OCCC(C)(C)OCC. The molecule has 0 aromatic rings. The first-order chi connectivity index (χ1) is 6.02. The molecule has 0 rings (SSSR count). The monoisotopic (exact) mass is 186 g/mol. The van der Waals surface area contributed by atoms with Crippen molar-refractivity contribution in [2.24, 2.45) is 0 Å². The fourth-order valence-corrected chi connectivity index (χ4v) is 0.919. The van der Waals surface area contributed by atoms with Crippen LogP contribution in [0.4, 0.5) is 0 Å². The molecule has 3 nitrogen and oxygen atoms in total. The molecule has 76 valence electrons. The van der Waals surface area contributed by atoms with Gasteiger partial charge < -0.3 is 9.47 Å². The van der Waals surface area contributed by atoms with Crippen molar-refractivity contribution >= 4 is 5.97 Å². The minimum atomic E-state index is -0.382. The second-order valence-electron chi connectivity index (χ2n) is 3.31. The highest BCUT2D eigenvalue weighted by Crippen LogP contribution is 2.13. The van der Waals surface area contributed by atoms with E-state index in [2.05, 4.69) is 6.58 Å². The van der Waals surface area contributed by atoms with E-state index in [1.807, 2.05) is 20.8 Å². The summed E-state index contributed by atoms with van der Waals surface area (Å²) in [4.78, 5) is 10.7. The molecule has 3 heteroatoms. The Bertz CT molecular complexity index is 173. The Hall–Kier alpha value is -0.830. The number of hydrogen-bond donors (Lipinski definition) is 0. The van der Waals surface area contributed by atoms with Crippen LogP contribution >= 0.6 is 0 Å². The van der Waals surface area contributed by atoms with Crippen molar-refractivity contribution in [1.29, 1.82) is 0 Å². The number of ether oxygens (including phenoxy) is 2. The molecule has 0 fully saturated rings. The third kappa shape index (κ3) is 6.34. The van der Waals surface area contributed by atoms with Gasteiger partial charge in [0.15, 0.2) is 0 Å². The highest BCUT2D eigenvalue weighted by atomic mass is 16.5. The topological polar surface area (TPSA) is 35.5 Å². The van der Waals surface area contributed by atoms with Gasteiger partial charge in [-0.2, -0.15) is 0 Å². The maximum Gasteiger partial charge on any atom is 0.330 e. The van der Waals surface area contributed by atoms with Crippen LogP contribution in [-0.2, 0) is 14.3 Å². The highest BCUT2D eigenvalue weighted by Gasteiger charge is 2.17. The summed E-state index contributed by atoms with van der Waals surface area (Å²) in [7, 11) is 0. The number of esters is 1. The van der Waals surface area contributed by atoms with Crippen LogP contribution in [0.25, 0.3) is 0 Å². The molecule has 0 bridgehead atoms. The van der Waals surface area contributed by atoms with E-state index >= 15 is 0 Å². The first kappa shape index (κ1) is 12.2. The fraction of sp³-hybridized carbons (Fsp3) is 0.700. The second-order valence-corrected chi connectivity index (χ2v) is 3.31. The van der Waals surface area contributed by atoms with Gasteiger partial charge >= 0.3 is 5.97 Å². The van der Waals surface area contributed by atoms with E-state index in [9.17, 15) is 4.79 Å². The second kappa shape index (κ2) is 5.75. The van der Waals surface area contributed by atoms with Gasteiger partial charge in [-0.15, -0.1) is 0 Å². The third-order valence-electron chi connectivity index (χ3n) is 1.65. The molecule has 0 N–H and O–H groups in total. The van der Waals surface area contributed by atoms with Crippen molar-refractivity contribution in [3.63, 3.8) is 0 Å². The Morgan fingerprint density at radius 3 is 2.62 bits per heavy atom. The van der Waals surface area contributed by atoms with Gasteiger partial charge in [0.1, 0.15) is 0 Å². The van der Waals surface area contributed by atoms with E-state index in [1.165, 1.54) is 0 Å². The van der Waals surface area contributed by atoms with E-state index < -0.39 is 0 Å². The predicted octanol–water partition coefficient (Wildman–Crippen LogP) is 1.92. The van der Waals surface area contributed by atoms with Crippen molar-refractivity contribution in [1.82, 2.24) is 0 Å². The van der Waals surface area contributed by atoms with Crippen LogP contribution in [-0.4, -0.2) is 24.8 Å². The Balaban J connectivity index is 3.62. The summed E-state index contributed by atoms with van der Waals surface area (Å²) >= 11 is 0. The largest absolute Gasteiger partial charge is 0.462 e. The third-order valence-corrected chi connectivity index (χ3v) is 1.65. The summed E-state index contributed by atoms with van der Waals surface area (Å²) in [6.07, 6.45) is 1.86. The number of hydrogen-bond acceptors (Lipinski definition) is 3. The summed E-state index contributed by atoms with van der Waals surface area (Å²) in [5, 5.41) is 0. The minimum Gasteiger partial charge on any atom is -0.462 e. The van der Waals surface area contributed by atoms with E-state index in [1.54, 1.807) is 0 Å². The van der Waals surface area contributed by atoms with Gasteiger partial charge in [-0.3, -0.25) is 0 Å². The molecule has 0 spiro atoms. The van der Waals surface area contributed by atoms with Crippen molar-refractivity contribution < 1.29 is 14.3 Å². The molecule has 0 heterocycles. The van der Waals surface area contributed by atoms with Crippen LogP contribution in [0.3, 0.4) is 0 Å². The normalized spacial score (nSPS) is 11.0. The lowest BCUT2D eigenvalue weighted by atomic mass is 10.1. The highest BCUT2D eigenvalue weighted by molar-refractivity contribution is 5.81. The van der Waals surface area contributed by atoms with E-state index in [4.69, 9.17) is 9.47 Å². The standard InChI is InChI=1S/C10H18O3/c1-5-9(11)12-8-7-10(3,4)13-6-2/h5H,1,6-8H2,2-4H3. The van der Waals surface area contributed by atoms with Gasteiger partial charge in [0.25, 0.3) is 0 Å². The smallest absolute Gasteiger partial charge is 0.330 e. The number of rotatable bonds is 6. The van der Waals surface area contributed by atoms with Gasteiger partial charge in [-0.1, -0.05) is 6.58 Å². The molecule has 13 heavy (non-hydrogen) atoms. The first-order valence-electron chi connectivity index (χ1n) is 4.45. The summed E-state index contributed by atoms with van der Waals surface area (Å²) in [5.41, 5.74) is -0.226. The van der Waals surface area contributed by atoms with Crippen molar-refractivity contribution in [3.8, 4) is 0 Å². The molecule has 0 aliphatic rings. The maximum absolute atomic E-state index is 10.7. The molecule has 0 radical (unpaired) electrons. The summed E-state index contributed by atoms with van der Waals surface area (Å²) in [6, 6.07) is 0. The molecule has 0 aromatic carbocycles. The van der Waals surface area contributed by atoms with Crippen LogP contribution < -0.4 is 0 Å². The molecule has 0 aliphatic carbocycles. The molecule has 0 saturated heterocycles. The molecule has 0 amide bonds. The average Bonchev–Trinajstić information content (AvgIpc) is 2.03. The van der Waals surface area contributed by atoms with Crippen LogP contribution in [0.5, 0.6) is 0 Å². The van der Waals surface area contributed by atoms with Crippen LogP contribution in [0.1, 0.15) is 27.2 Å². The van der Waals surface area contributed by atoms with E-state index in [0.717, 1.165) is 6.08 Å². The lowest BCUT2D eigenvalue weighted by Crippen LogP contribution is -2.26. The summed E-state index contributed by atoms with van der Waals surface area (Å²) in [5.74, 6) is -0.382. The molecule has 0 aromatic heterocycles. The molecule has 0 saturated carbocycles. The van der Waals surface area contributed by atoms with Crippen LogP contribution in [0.2, 0.25) is 0 Å². The van der Waals surface area contributed by atoms with Gasteiger partial charge in [0.2, 0.25) is 0 Å². The van der Waals surface area contributed by atoms with Crippen molar-refractivity contribution in [2.75, 3.05) is 13.2 Å². The average molecular weight is 186 g/mol. The van der Waals surface area contributed by atoms with Crippen molar-refractivity contribution in [3.05, 3.63) is 12.7 Å². The van der Waals surface area contributed by atoms with Crippen LogP contribution in [0.15, 0.2) is 12.7 Å². The summed E-state index contributed by atoms with van der Waals surface area (Å²) < 4.78 is 10.3. The lowest BCUT2D eigenvalue weighted by molar-refractivity contribution is -0.139. The number of carbonyl (C=O) groups is 1. The predicted molar refractivity (Wildman–Crippen MR) is 51.5 cm³/mol. The Morgan fingerprint density at radius 1 is 1.54 bits per heavy atom. The van der Waals surface area contributed by atoms with E-state index in [-0.39, 0.29) is 11.6 Å². The van der Waals surface area contributed by atoms with E-state index in [0.29, 0.717) is 19.6 Å². The fourth-order valence-electron chi connectivity index (χ4n) is 0.919. The molecular formula is C10H18O3. The molecule has 0 unspecified atom stereocenters. The Labute approximate surface area is 79.7 Å². The zero-order valence-corrected chi connectivity index (χ0v) is 8.63. The Kier molecular flexibility index (Phi) is 5.39.